The minimum absolute atomic E-state index is 0.00520. The topological polar surface area (TPSA) is 66.9 Å². The first-order valence-corrected chi connectivity index (χ1v) is 8.78. The van der Waals surface area contributed by atoms with E-state index in [-0.39, 0.29) is 11.4 Å². The minimum Gasteiger partial charge on any atom is -0.355 e. The van der Waals surface area contributed by atoms with Gasteiger partial charge in [0, 0.05) is 12.1 Å². The molecule has 0 saturated carbocycles. The monoisotopic (exact) mass is 336 g/mol. The van der Waals surface area contributed by atoms with Crippen molar-refractivity contribution in [3.63, 3.8) is 0 Å². The summed E-state index contributed by atoms with van der Waals surface area (Å²) in [4.78, 5) is 11.8. The van der Waals surface area contributed by atoms with Gasteiger partial charge in [0.25, 0.3) is 0 Å². The highest BCUT2D eigenvalue weighted by Crippen LogP contribution is 2.26. The van der Waals surface area contributed by atoms with Crippen LogP contribution in [0.15, 0.2) is 34.7 Å². The summed E-state index contributed by atoms with van der Waals surface area (Å²) in [6.07, 6.45) is 0. The van der Waals surface area contributed by atoms with Crippen molar-refractivity contribution in [2.24, 2.45) is 0 Å². The molecular formula is C15H20N4OS2. The van der Waals surface area contributed by atoms with Crippen LogP contribution in [0.3, 0.4) is 0 Å². The third kappa shape index (κ3) is 6.03. The Bertz CT molecular complexity index is 608. The standard InChI is InChI=1S/C15H20N4OS2/c1-15(2,3)17-13-18-19-14(22-13)21-10-12(20)16-9-11-7-5-4-6-8-11/h4-8H,9-10H2,1-3H3,(H,16,20)(H,17,18). The molecule has 0 fully saturated rings. The Morgan fingerprint density at radius 2 is 1.95 bits per heavy atom. The summed E-state index contributed by atoms with van der Waals surface area (Å²) >= 11 is 2.87. The molecule has 5 nitrogen and oxygen atoms in total. The average molecular weight is 336 g/mol. The van der Waals surface area contributed by atoms with E-state index in [4.69, 9.17) is 0 Å². The molecule has 7 heteroatoms. The Kier molecular flexibility index (Phi) is 5.79. The highest BCUT2D eigenvalue weighted by atomic mass is 32.2. The number of hydrogen-bond acceptors (Lipinski definition) is 6. The SMILES string of the molecule is CC(C)(C)Nc1nnc(SCC(=O)NCc2ccccc2)s1. The first kappa shape index (κ1) is 16.8. The van der Waals surface area contributed by atoms with Crippen LogP contribution >= 0.6 is 23.1 Å². The maximum absolute atomic E-state index is 11.8. The average Bonchev–Trinajstić information content (AvgIpc) is 2.89. The smallest absolute Gasteiger partial charge is 0.230 e. The van der Waals surface area contributed by atoms with E-state index in [1.54, 1.807) is 0 Å². The zero-order valence-electron chi connectivity index (χ0n) is 12.9. The summed E-state index contributed by atoms with van der Waals surface area (Å²) < 4.78 is 0.793. The van der Waals surface area contributed by atoms with Gasteiger partial charge in [-0.3, -0.25) is 4.79 Å². The second kappa shape index (κ2) is 7.60. The normalized spacial score (nSPS) is 11.2. The first-order chi connectivity index (χ1) is 10.4. The van der Waals surface area contributed by atoms with Gasteiger partial charge in [-0.25, -0.2) is 0 Å². The van der Waals surface area contributed by atoms with Crippen LogP contribution in [0.1, 0.15) is 26.3 Å². The maximum Gasteiger partial charge on any atom is 0.230 e. The van der Waals surface area contributed by atoms with Crippen molar-refractivity contribution in [2.75, 3.05) is 11.1 Å². The Morgan fingerprint density at radius 1 is 1.23 bits per heavy atom. The van der Waals surface area contributed by atoms with Crippen molar-refractivity contribution in [3.8, 4) is 0 Å². The van der Waals surface area contributed by atoms with Crippen molar-refractivity contribution >= 4 is 34.1 Å². The molecule has 0 aliphatic heterocycles. The van der Waals surface area contributed by atoms with Crippen molar-refractivity contribution in [1.29, 1.82) is 0 Å². The molecule has 0 spiro atoms. The Balaban J connectivity index is 1.74. The van der Waals surface area contributed by atoms with Gasteiger partial charge in [0.05, 0.1) is 5.75 Å². The molecule has 22 heavy (non-hydrogen) atoms. The number of benzene rings is 1. The van der Waals surface area contributed by atoms with Crippen LogP contribution in [0.25, 0.3) is 0 Å². The van der Waals surface area contributed by atoms with Gasteiger partial charge in [-0.1, -0.05) is 53.4 Å². The fourth-order valence-electron chi connectivity index (χ4n) is 1.61. The van der Waals surface area contributed by atoms with E-state index in [0.717, 1.165) is 15.0 Å². The lowest BCUT2D eigenvalue weighted by molar-refractivity contribution is -0.118. The van der Waals surface area contributed by atoms with Gasteiger partial charge >= 0.3 is 0 Å². The lowest BCUT2D eigenvalue weighted by Crippen LogP contribution is -2.25. The van der Waals surface area contributed by atoms with E-state index < -0.39 is 0 Å². The number of rotatable bonds is 6. The molecular weight excluding hydrogens is 316 g/mol. The lowest BCUT2D eigenvalue weighted by atomic mass is 10.1. The second-order valence-electron chi connectivity index (χ2n) is 5.80. The third-order valence-electron chi connectivity index (χ3n) is 2.55. The number of carbonyl (C=O) groups is 1. The van der Waals surface area contributed by atoms with Crippen molar-refractivity contribution in [2.45, 2.75) is 37.2 Å². The van der Waals surface area contributed by atoms with Gasteiger partial charge < -0.3 is 10.6 Å². The molecule has 118 valence electrons. The third-order valence-corrected chi connectivity index (χ3v) is 4.52. The number of amides is 1. The highest BCUT2D eigenvalue weighted by Gasteiger charge is 2.13. The molecule has 1 aromatic heterocycles. The molecule has 2 rings (SSSR count). The number of hydrogen-bond donors (Lipinski definition) is 2. The quantitative estimate of drug-likeness (QED) is 0.793. The fourth-order valence-corrected chi connectivity index (χ4v) is 3.40. The number of nitrogens with one attached hydrogen (secondary N) is 2. The summed E-state index contributed by atoms with van der Waals surface area (Å²) in [7, 11) is 0. The molecule has 0 aliphatic carbocycles. The molecule has 0 unspecified atom stereocenters. The summed E-state index contributed by atoms with van der Waals surface area (Å²) in [5.41, 5.74) is 1.04. The maximum atomic E-state index is 11.8. The zero-order valence-corrected chi connectivity index (χ0v) is 14.6. The number of nitrogens with zero attached hydrogens (tertiary/aromatic N) is 2. The Hall–Kier alpha value is -1.60. The van der Waals surface area contributed by atoms with Gasteiger partial charge in [-0.2, -0.15) is 0 Å². The van der Waals surface area contributed by atoms with Gasteiger partial charge in [0.15, 0.2) is 4.34 Å². The van der Waals surface area contributed by atoms with Crippen LogP contribution in [0.5, 0.6) is 0 Å². The van der Waals surface area contributed by atoms with Gasteiger partial charge in [-0.15, -0.1) is 10.2 Å². The number of thioether (sulfide) groups is 1. The second-order valence-corrected chi connectivity index (χ2v) is 8.00. The predicted octanol–water partition coefficient (Wildman–Crippen LogP) is 3.16. The van der Waals surface area contributed by atoms with E-state index in [1.807, 2.05) is 30.3 Å². The largest absolute Gasteiger partial charge is 0.355 e. The van der Waals surface area contributed by atoms with Crippen LogP contribution in [0.4, 0.5) is 5.13 Å². The van der Waals surface area contributed by atoms with Gasteiger partial charge in [0.1, 0.15) is 0 Å². The molecule has 1 aromatic carbocycles. The van der Waals surface area contributed by atoms with E-state index in [0.29, 0.717) is 12.3 Å². The van der Waals surface area contributed by atoms with Crippen molar-refractivity contribution in [1.82, 2.24) is 15.5 Å². The van der Waals surface area contributed by atoms with Crippen LogP contribution in [0.2, 0.25) is 0 Å². The Morgan fingerprint density at radius 3 is 2.64 bits per heavy atom. The van der Waals surface area contributed by atoms with Crippen molar-refractivity contribution in [3.05, 3.63) is 35.9 Å². The zero-order chi connectivity index (χ0) is 16.0. The highest BCUT2D eigenvalue weighted by molar-refractivity contribution is 8.01. The molecule has 2 N–H and O–H groups in total. The molecule has 1 heterocycles. The summed E-state index contributed by atoms with van der Waals surface area (Å²) in [5, 5.41) is 15.1. The van der Waals surface area contributed by atoms with Crippen LogP contribution in [-0.4, -0.2) is 27.4 Å². The molecule has 0 saturated heterocycles. The molecule has 0 bridgehead atoms. The summed E-state index contributed by atoms with van der Waals surface area (Å²) in [5.74, 6) is 0.339. The van der Waals surface area contributed by atoms with Crippen LogP contribution in [-0.2, 0) is 11.3 Å². The fraction of sp³-hybridized carbons (Fsp3) is 0.400. The molecule has 1 amide bonds. The summed E-state index contributed by atoms with van der Waals surface area (Å²) in [6, 6.07) is 9.85. The van der Waals surface area contributed by atoms with E-state index in [2.05, 4.69) is 41.6 Å². The number of aromatic nitrogens is 2. The number of anilines is 1. The number of carbonyl (C=O) groups excluding carboxylic acids is 1. The lowest BCUT2D eigenvalue weighted by Gasteiger charge is -2.18. The van der Waals surface area contributed by atoms with Gasteiger partial charge in [-0.05, 0) is 26.3 Å². The predicted molar refractivity (Wildman–Crippen MR) is 92.3 cm³/mol. The molecule has 2 aromatic rings. The van der Waals surface area contributed by atoms with Crippen molar-refractivity contribution < 1.29 is 4.79 Å². The molecule has 0 atom stereocenters. The minimum atomic E-state index is -0.0471. The first-order valence-electron chi connectivity index (χ1n) is 6.97. The van der Waals surface area contributed by atoms with E-state index >= 15 is 0 Å². The molecule has 0 aliphatic rings. The van der Waals surface area contributed by atoms with Gasteiger partial charge in [0.2, 0.25) is 11.0 Å². The Labute approximate surface area is 138 Å². The molecule has 0 radical (unpaired) electrons. The van der Waals surface area contributed by atoms with E-state index in [9.17, 15) is 4.79 Å². The van der Waals surface area contributed by atoms with E-state index in [1.165, 1.54) is 23.1 Å². The summed E-state index contributed by atoms with van der Waals surface area (Å²) in [6.45, 7) is 6.75. The van der Waals surface area contributed by atoms with Crippen LogP contribution in [0, 0.1) is 0 Å². The van der Waals surface area contributed by atoms with Crippen LogP contribution < -0.4 is 10.6 Å².